The van der Waals surface area contributed by atoms with Gasteiger partial charge in [0.2, 0.25) is 0 Å². The number of unbranched alkanes of at least 4 members (excludes halogenated alkanes) is 1. The normalized spacial score (nSPS) is 18.1. The lowest BCUT2D eigenvalue weighted by Gasteiger charge is -2.29. The zero-order valence-electron chi connectivity index (χ0n) is 20.0. The Morgan fingerprint density at radius 3 is 1.94 bits per heavy atom. The molecule has 0 radical (unpaired) electrons. The van der Waals surface area contributed by atoms with E-state index >= 15 is 8.78 Å². The molecule has 4 rings (SSSR count). The van der Waals surface area contributed by atoms with Crippen molar-refractivity contribution in [2.75, 3.05) is 0 Å². The van der Waals surface area contributed by atoms with Crippen molar-refractivity contribution in [3.63, 3.8) is 0 Å². The lowest BCUT2D eigenvalue weighted by atomic mass is 9.76. The predicted octanol–water partition coefficient (Wildman–Crippen LogP) is 9.30. The van der Waals surface area contributed by atoms with Crippen LogP contribution in [0.15, 0.2) is 48.5 Å². The van der Waals surface area contributed by atoms with Crippen molar-refractivity contribution < 1.29 is 22.0 Å². The molecule has 0 N–H and O–H groups in total. The first-order valence-electron chi connectivity index (χ1n) is 12.6. The van der Waals surface area contributed by atoms with Gasteiger partial charge < -0.3 is 0 Å². The summed E-state index contributed by atoms with van der Waals surface area (Å²) in [7, 11) is 0. The predicted molar refractivity (Wildman–Crippen MR) is 130 cm³/mol. The molecule has 0 nitrogen and oxygen atoms in total. The van der Waals surface area contributed by atoms with Gasteiger partial charge in [0, 0.05) is 5.56 Å². The van der Waals surface area contributed by atoms with Crippen LogP contribution >= 0.6 is 0 Å². The van der Waals surface area contributed by atoms with Crippen molar-refractivity contribution in [2.24, 2.45) is 5.92 Å². The van der Waals surface area contributed by atoms with Crippen molar-refractivity contribution in [3.05, 3.63) is 94.3 Å². The number of rotatable bonds is 8. The summed E-state index contributed by atoms with van der Waals surface area (Å²) in [5.41, 5.74) is 2.50. The van der Waals surface area contributed by atoms with Gasteiger partial charge in [-0.1, -0.05) is 62.6 Å². The fourth-order valence-corrected chi connectivity index (χ4v) is 5.25. The van der Waals surface area contributed by atoms with Crippen molar-refractivity contribution >= 4 is 0 Å². The Kier molecular flexibility index (Phi) is 8.25. The first kappa shape index (κ1) is 25.4. The lowest BCUT2D eigenvalue weighted by Crippen LogP contribution is -2.15. The van der Waals surface area contributed by atoms with Crippen LogP contribution in [0.3, 0.4) is 0 Å². The van der Waals surface area contributed by atoms with Crippen LogP contribution in [0.5, 0.6) is 0 Å². The van der Waals surface area contributed by atoms with Gasteiger partial charge in [-0.05, 0) is 84.7 Å². The third-order valence-electron chi connectivity index (χ3n) is 7.38. The molecular weight excluding hydrogens is 455 g/mol. The zero-order chi connectivity index (χ0) is 24.9. The number of benzene rings is 3. The second kappa shape index (κ2) is 11.4. The molecule has 0 aromatic heterocycles. The van der Waals surface area contributed by atoms with E-state index in [1.165, 1.54) is 19.3 Å². The zero-order valence-corrected chi connectivity index (χ0v) is 20.0. The van der Waals surface area contributed by atoms with Gasteiger partial charge in [-0.15, -0.1) is 0 Å². The monoisotopic (exact) mass is 486 g/mol. The quantitative estimate of drug-likeness (QED) is 0.220. The molecule has 1 aliphatic carbocycles. The fourth-order valence-electron chi connectivity index (χ4n) is 5.25. The average Bonchev–Trinajstić information content (AvgIpc) is 2.87. The average molecular weight is 487 g/mol. The summed E-state index contributed by atoms with van der Waals surface area (Å²) in [6.07, 6.45) is 8.41. The summed E-state index contributed by atoms with van der Waals surface area (Å²) in [6, 6.07) is 12.4. The van der Waals surface area contributed by atoms with Gasteiger partial charge in [-0.25, -0.2) is 22.0 Å². The van der Waals surface area contributed by atoms with Crippen LogP contribution in [0.2, 0.25) is 0 Å². The van der Waals surface area contributed by atoms with E-state index < -0.39 is 29.1 Å². The summed E-state index contributed by atoms with van der Waals surface area (Å²) in [5.74, 6) is -4.68. The van der Waals surface area contributed by atoms with Crippen LogP contribution in [0, 0.1) is 35.0 Å². The SMILES string of the molecule is CCCCC1CCC(c2ccc(-c3ccc(CCc4cc(F)c(F)c(F)c4)cc3)c(F)c2F)CC1. The molecule has 3 aromatic rings. The number of hydrogen-bond acceptors (Lipinski definition) is 0. The lowest BCUT2D eigenvalue weighted by molar-refractivity contribution is 0.299. The smallest absolute Gasteiger partial charge is 0.194 e. The highest BCUT2D eigenvalue weighted by molar-refractivity contribution is 5.65. The van der Waals surface area contributed by atoms with Crippen molar-refractivity contribution in [1.29, 1.82) is 0 Å². The van der Waals surface area contributed by atoms with E-state index in [2.05, 4.69) is 6.92 Å². The van der Waals surface area contributed by atoms with Crippen LogP contribution in [0.25, 0.3) is 11.1 Å². The highest BCUT2D eigenvalue weighted by Crippen LogP contribution is 2.40. The number of halogens is 5. The van der Waals surface area contributed by atoms with E-state index in [0.717, 1.165) is 43.4 Å². The second-order valence-electron chi connectivity index (χ2n) is 9.76. The van der Waals surface area contributed by atoms with Crippen molar-refractivity contribution in [2.45, 2.75) is 70.6 Å². The third-order valence-corrected chi connectivity index (χ3v) is 7.38. The Labute approximate surface area is 204 Å². The molecule has 0 saturated heterocycles. The van der Waals surface area contributed by atoms with Gasteiger partial charge in [0.25, 0.3) is 0 Å². The van der Waals surface area contributed by atoms with Crippen LogP contribution in [-0.2, 0) is 12.8 Å². The van der Waals surface area contributed by atoms with E-state index in [1.807, 2.05) is 0 Å². The van der Waals surface area contributed by atoms with Gasteiger partial charge in [-0.2, -0.15) is 0 Å². The molecular formula is C30H31F5. The second-order valence-corrected chi connectivity index (χ2v) is 9.76. The molecule has 0 spiro atoms. The van der Waals surface area contributed by atoms with Gasteiger partial charge in [0.1, 0.15) is 0 Å². The molecule has 1 fully saturated rings. The Bertz CT molecular complexity index is 1120. The molecule has 35 heavy (non-hydrogen) atoms. The topological polar surface area (TPSA) is 0 Å². The summed E-state index contributed by atoms with van der Waals surface area (Å²) in [4.78, 5) is 0. The maximum Gasteiger partial charge on any atom is 0.194 e. The minimum absolute atomic E-state index is 0.0694. The van der Waals surface area contributed by atoms with Crippen LogP contribution < -0.4 is 0 Å². The van der Waals surface area contributed by atoms with Gasteiger partial charge in [0.05, 0.1) is 0 Å². The van der Waals surface area contributed by atoms with Gasteiger partial charge in [-0.3, -0.25) is 0 Å². The standard InChI is InChI=1S/C30H31F5/c1-2-3-4-19-7-11-22(12-8-19)24-15-16-25(29(34)28(24)33)23-13-9-20(10-14-23)5-6-21-17-26(31)30(35)27(32)18-21/h9-10,13-19,22H,2-8,11-12H2,1H3. The maximum atomic E-state index is 15.1. The van der Waals surface area contributed by atoms with E-state index in [0.29, 0.717) is 35.4 Å². The highest BCUT2D eigenvalue weighted by atomic mass is 19.2. The molecule has 1 aliphatic rings. The summed E-state index contributed by atoms with van der Waals surface area (Å²) >= 11 is 0. The number of aryl methyl sites for hydroxylation is 2. The minimum atomic E-state index is -1.47. The Morgan fingerprint density at radius 2 is 1.31 bits per heavy atom. The molecule has 3 aromatic carbocycles. The summed E-state index contributed by atoms with van der Waals surface area (Å²) in [5, 5.41) is 0. The Hall–Kier alpha value is -2.69. The summed E-state index contributed by atoms with van der Waals surface area (Å²) in [6.45, 7) is 2.19. The van der Waals surface area contributed by atoms with Crippen LogP contribution in [0.1, 0.15) is 74.5 Å². The van der Waals surface area contributed by atoms with E-state index in [4.69, 9.17) is 0 Å². The Balaban J connectivity index is 1.42. The molecule has 0 heterocycles. The van der Waals surface area contributed by atoms with Crippen LogP contribution in [0.4, 0.5) is 22.0 Å². The van der Waals surface area contributed by atoms with Crippen molar-refractivity contribution in [1.82, 2.24) is 0 Å². The van der Waals surface area contributed by atoms with E-state index in [1.54, 1.807) is 36.4 Å². The minimum Gasteiger partial charge on any atom is -0.204 e. The first-order chi connectivity index (χ1) is 16.9. The van der Waals surface area contributed by atoms with E-state index in [-0.39, 0.29) is 11.5 Å². The van der Waals surface area contributed by atoms with E-state index in [9.17, 15) is 13.2 Å². The van der Waals surface area contributed by atoms with Crippen molar-refractivity contribution in [3.8, 4) is 11.1 Å². The van der Waals surface area contributed by atoms with Crippen LogP contribution in [-0.4, -0.2) is 0 Å². The van der Waals surface area contributed by atoms with Gasteiger partial charge in [0.15, 0.2) is 29.1 Å². The first-order valence-corrected chi connectivity index (χ1v) is 12.6. The highest BCUT2D eigenvalue weighted by Gasteiger charge is 2.26. The third kappa shape index (κ3) is 5.94. The fraction of sp³-hybridized carbons (Fsp3) is 0.400. The molecule has 0 atom stereocenters. The Morgan fingerprint density at radius 1 is 0.686 bits per heavy atom. The molecule has 1 saturated carbocycles. The summed E-state index contributed by atoms with van der Waals surface area (Å²) < 4.78 is 70.0. The molecule has 0 aliphatic heterocycles. The molecule has 0 bridgehead atoms. The molecule has 0 unspecified atom stereocenters. The molecule has 186 valence electrons. The molecule has 0 amide bonds. The molecule has 5 heteroatoms. The number of hydrogen-bond donors (Lipinski definition) is 0. The maximum absolute atomic E-state index is 15.1. The van der Waals surface area contributed by atoms with Gasteiger partial charge >= 0.3 is 0 Å². The largest absolute Gasteiger partial charge is 0.204 e.